The van der Waals surface area contributed by atoms with E-state index in [2.05, 4.69) is 15.8 Å². The first kappa shape index (κ1) is 13.3. The standard InChI is InChI=1S/C11H11N5O2/c1-7(17)9-6-8(11(13)18)2-3-10(9)15-16-14-5-4-12/h2-3,6H,5H2,1H3,(H2,13,18)(H,14,15). The lowest BCUT2D eigenvalue weighted by Gasteiger charge is -2.06. The number of rotatable bonds is 5. The molecule has 0 aromatic heterocycles. The van der Waals surface area contributed by atoms with Crippen LogP contribution in [-0.4, -0.2) is 18.2 Å². The van der Waals surface area contributed by atoms with Gasteiger partial charge in [0.1, 0.15) is 6.54 Å². The highest BCUT2D eigenvalue weighted by atomic mass is 16.1. The van der Waals surface area contributed by atoms with Crippen LogP contribution in [0, 0.1) is 11.3 Å². The average Bonchev–Trinajstić information content (AvgIpc) is 2.34. The summed E-state index contributed by atoms with van der Waals surface area (Å²) in [5.74, 6) is -0.855. The van der Waals surface area contributed by atoms with Crippen molar-refractivity contribution in [1.29, 1.82) is 5.26 Å². The number of carbonyl (C=O) groups is 2. The Kier molecular flexibility index (Phi) is 4.51. The number of hydrogen-bond donors (Lipinski definition) is 2. The number of carbonyl (C=O) groups excluding carboxylic acids is 2. The second-order valence-corrected chi connectivity index (χ2v) is 3.35. The van der Waals surface area contributed by atoms with Crippen LogP contribution in [-0.2, 0) is 0 Å². The number of benzene rings is 1. The molecule has 7 nitrogen and oxygen atoms in total. The molecule has 0 aliphatic rings. The largest absolute Gasteiger partial charge is 0.366 e. The summed E-state index contributed by atoms with van der Waals surface area (Å²) in [5, 5.41) is 15.3. The number of nitrogens with one attached hydrogen (secondary N) is 1. The number of amides is 1. The molecule has 0 atom stereocenters. The van der Waals surface area contributed by atoms with E-state index in [9.17, 15) is 9.59 Å². The third-order valence-electron chi connectivity index (χ3n) is 2.07. The van der Waals surface area contributed by atoms with E-state index in [4.69, 9.17) is 11.0 Å². The van der Waals surface area contributed by atoms with Crippen LogP contribution in [0.1, 0.15) is 27.6 Å². The van der Waals surface area contributed by atoms with E-state index < -0.39 is 5.91 Å². The Hall–Kier alpha value is -2.75. The number of primary amides is 1. The maximum Gasteiger partial charge on any atom is 0.248 e. The van der Waals surface area contributed by atoms with Gasteiger partial charge in [-0.3, -0.25) is 15.0 Å². The van der Waals surface area contributed by atoms with Crippen LogP contribution in [0.5, 0.6) is 0 Å². The summed E-state index contributed by atoms with van der Waals surface area (Å²) in [6, 6.07) is 6.14. The van der Waals surface area contributed by atoms with Crippen molar-refractivity contribution >= 4 is 17.4 Å². The van der Waals surface area contributed by atoms with Crippen LogP contribution in [0.2, 0.25) is 0 Å². The van der Waals surface area contributed by atoms with Crippen molar-refractivity contribution in [3.8, 4) is 6.07 Å². The van der Waals surface area contributed by atoms with Gasteiger partial charge >= 0.3 is 0 Å². The first-order chi connectivity index (χ1) is 8.56. The topological polar surface area (TPSA) is 121 Å². The molecule has 0 heterocycles. The first-order valence-corrected chi connectivity index (χ1v) is 5.00. The third-order valence-corrected chi connectivity index (χ3v) is 2.07. The van der Waals surface area contributed by atoms with Gasteiger partial charge in [-0.2, -0.15) is 10.4 Å². The number of ketones is 1. The Morgan fingerprint density at radius 2 is 2.22 bits per heavy atom. The monoisotopic (exact) mass is 245 g/mol. The van der Waals surface area contributed by atoms with Crippen LogP contribution >= 0.6 is 0 Å². The van der Waals surface area contributed by atoms with E-state index >= 15 is 0 Å². The molecule has 3 N–H and O–H groups in total. The van der Waals surface area contributed by atoms with E-state index in [1.54, 1.807) is 6.07 Å². The highest BCUT2D eigenvalue weighted by molar-refractivity contribution is 6.03. The fraction of sp³-hybridized carbons (Fsp3) is 0.182. The number of Topliss-reactive ketones (excluding diaryl/α,β-unsaturated/α-hetero) is 1. The van der Waals surface area contributed by atoms with E-state index in [1.807, 2.05) is 0 Å². The van der Waals surface area contributed by atoms with Gasteiger partial charge in [0.25, 0.3) is 0 Å². The van der Waals surface area contributed by atoms with Gasteiger partial charge in [-0.15, -0.1) is 0 Å². The average molecular weight is 245 g/mol. The SMILES string of the molecule is CC(=O)c1cc(C(N)=O)ccc1NN=NCC#N. The molecule has 1 rings (SSSR count). The molecular weight excluding hydrogens is 234 g/mol. The van der Waals surface area contributed by atoms with Gasteiger partial charge in [0, 0.05) is 11.1 Å². The van der Waals surface area contributed by atoms with Gasteiger partial charge in [0.15, 0.2) is 5.78 Å². The second kappa shape index (κ2) is 6.10. The fourth-order valence-corrected chi connectivity index (χ4v) is 1.24. The zero-order valence-electron chi connectivity index (χ0n) is 9.67. The molecular formula is C11H11N5O2. The maximum atomic E-state index is 11.4. The van der Waals surface area contributed by atoms with Crippen molar-refractivity contribution in [3.63, 3.8) is 0 Å². The molecule has 0 aliphatic heterocycles. The highest BCUT2D eigenvalue weighted by Gasteiger charge is 2.10. The summed E-state index contributed by atoms with van der Waals surface area (Å²) in [5.41, 5.74) is 8.57. The molecule has 0 bridgehead atoms. The molecule has 0 saturated carbocycles. The molecule has 0 radical (unpaired) electrons. The molecule has 18 heavy (non-hydrogen) atoms. The predicted octanol–water partition coefficient (Wildman–Crippen LogP) is 1.29. The van der Waals surface area contributed by atoms with Crippen molar-refractivity contribution in [3.05, 3.63) is 29.3 Å². The maximum absolute atomic E-state index is 11.4. The molecule has 1 aromatic rings. The van der Waals surface area contributed by atoms with Gasteiger partial charge in [0.2, 0.25) is 5.91 Å². The van der Waals surface area contributed by atoms with Crippen molar-refractivity contribution < 1.29 is 9.59 Å². The molecule has 92 valence electrons. The lowest BCUT2D eigenvalue weighted by atomic mass is 10.1. The summed E-state index contributed by atoms with van der Waals surface area (Å²) < 4.78 is 0. The molecule has 0 aliphatic carbocycles. The van der Waals surface area contributed by atoms with Crippen LogP contribution in [0.25, 0.3) is 0 Å². The smallest absolute Gasteiger partial charge is 0.248 e. The van der Waals surface area contributed by atoms with E-state index in [0.717, 1.165) is 0 Å². The van der Waals surface area contributed by atoms with E-state index in [0.29, 0.717) is 5.69 Å². The Balaban J connectivity index is 3.01. The van der Waals surface area contributed by atoms with E-state index in [1.165, 1.54) is 25.1 Å². The summed E-state index contributed by atoms with van der Waals surface area (Å²) >= 11 is 0. The zero-order valence-corrected chi connectivity index (χ0v) is 9.67. The second-order valence-electron chi connectivity index (χ2n) is 3.35. The highest BCUT2D eigenvalue weighted by Crippen LogP contribution is 2.18. The summed E-state index contributed by atoms with van der Waals surface area (Å²) in [4.78, 5) is 22.4. The Morgan fingerprint density at radius 3 is 2.78 bits per heavy atom. The number of hydrogen-bond acceptors (Lipinski definition) is 5. The van der Waals surface area contributed by atoms with Crippen molar-refractivity contribution in [2.45, 2.75) is 6.92 Å². The number of nitriles is 1. The first-order valence-electron chi connectivity index (χ1n) is 5.00. The number of anilines is 1. The minimum atomic E-state index is -0.616. The Labute approximate surface area is 103 Å². The molecule has 7 heteroatoms. The van der Waals surface area contributed by atoms with Crippen molar-refractivity contribution in [2.24, 2.45) is 16.1 Å². The number of nitrogens with two attached hydrogens (primary N) is 1. The fourth-order valence-electron chi connectivity index (χ4n) is 1.24. The predicted molar refractivity (Wildman–Crippen MR) is 63.9 cm³/mol. The Bertz CT molecular complexity index is 545. The molecule has 0 unspecified atom stereocenters. The number of nitrogens with zero attached hydrogens (tertiary/aromatic N) is 3. The zero-order chi connectivity index (χ0) is 13.5. The third kappa shape index (κ3) is 3.38. The summed E-state index contributed by atoms with van der Waals surface area (Å²) in [6.45, 7) is 1.28. The lowest BCUT2D eigenvalue weighted by Crippen LogP contribution is -2.12. The van der Waals surface area contributed by atoms with Crippen LogP contribution in [0.3, 0.4) is 0 Å². The van der Waals surface area contributed by atoms with Crippen molar-refractivity contribution in [2.75, 3.05) is 12.0 Å². The lowest BCUT2D eigenvalue weighted by molar-refractivity contribution is 0.1000. The molecule has 0 fully saturated rings. The van der Waals surface area contributed by atoms with Crippen LogP contribution in [0.4, 0.5) is 5.69 Å². The van der Waals surface area contributed by atoms with Gasteiger partial charge in [0.05, 0.1) is 11.8 Å². The Morgan fingerprint density at radius 1 is 1.50 bits per heavy atom. The van der Waals surface area contributed by atoms with Crippen molar-refractivity contribution in [1.82, 2.24) is 0 Å². The molecule has 0 spiro atoms. The summed E-state index contributed by atoms with van der Waals surface area (Å²) in [7, 11) is 0. The van der Waals surface area contributed by atoms with Gasteiger partial charge in [-0.1, -0.05) is 5.22 Å². The molecule has 1 aromatic carbocycles. The quantitative estimate of drug-likeness (QED) is 0.351. The minimum absolute atomic E-state index is 0.0816. The normalized spacial score (nSPS) is 10.0. The minimum Gasteiger partial charge on any atom is -0.366 e. The molecule has 1 amide bonds. The van der Waals surface area contributed by atoms with Crippen LogP contribution in [0.15, 0.2) is 28.5 Å². The molecule has 0 saturated heterocycles. The van der Waals surface area contributed by atoms with Gasteiger partial charge < -0.3 is 5.73 Å². The summed E-state index contributed by atoms with van der Waals surface area (Å²) in [6.07, 6.45) is 0. The van der Waals surface area contributed by atoms with Gasteiger partial charge in [-0.25, -0.2) is 0 Å². The van der Waals surface area contributed by atoms with Gasteiger partial charge in [-0.05, 0) is 25.1 Å². The van der Waals surface area contributed by atoms with E-state index in [-0.39, 0.29) is 23.5 Å². The van der Waals surface area contributed by atoms with Crippen LogP contribution < -0.4 is 11.2 Å².